The third-order valence-corrected chi connectivity index (χ3v) is 5.23. The lowest BCUT2D eigenvalue weighted by molar-refractivity contribution is -0.140. The van der Waals surface area contributed by atoms with Crippen LogP contribution in [0, 0.1) is 11.8 Å². The molecule has 0 radical (unpaired) electrons. The SMILES string of the molecule is NC(N)=NCC1CCC(C(=O)Oc2ccc(C(=O)OCc3ccccc3)cc2)CC1. The molecule has 7 heteroatoms. The summed E-state index contributed by atoms with van der Waals surface area (Å²) in [5.74, 6) is 0.130. The van der Waals surface area contributed by atoms with Gasteiger partial charge < -0.3 is 20.9 Å². The Bertz CT molecular complexity index is 869. The van der Waals surface area contributed by atoms with E-state index in [2.05, 4.69) is 4.99 Å². The van der Waals surface area contributed by atoms with Crippen molar-refractivity contribution in [2.75, 3.05) is 6.54 Å². The Morgan fingerprint density at radius 3 is 2.23 bits per heavy atom. The van der Waals surface area contributed by atoms with E-state index in [4.69, 9.17) is 20.9 Å². The Kier molecular flexibility index (Phi) is 7.43. The summed E-state index contributed by atoms with van der Waals surface area (Å²) in [6.45, 7) is 0.814. The molecule has 30 heavy (non-hydrogen) atoms. The van der Waals surface area contributed by atoms with Crippen molar-refractivity contribution in [1.29, 1.82) is 0 Å². The zero-order valence-electron chi connectivity index (χ0n) is 16.8. The minimum absolute atomic E-state index is 0.101. The van der Waals surface area contributed by atoms with Gasteiger partial charge in [0.25, 0.3) is 0 Å². The highest BCUT2D eigenvalue weighted by atomic mass is 16.5. The van der Waals surface area contributed by atoms with Gasteiger partial charge >= 0.3 is 11.9 Å². The van der Waals surface area contributed by atoms with Crippen molar-refractivity contribution in [3.8, 4) is 5.75 Å². The van der Waals surface area contributed by atoms with Gasteiger partial charge in [-0.3, -0.25) is 9.79 Å². The molecule has 0 heterocycles. The number of ether oxygens (including phenoxy) is 2. The number of hydrogen-bond donors (Lipinski definition) is 2. The Balaban J connectivity index is 1.45. The molecule has 1 aliphatic rings. The molecule has 2 aromatic rings. The van der Waals surface area contributed by atoms with Crippen molar-refractivity contribution in [3.05, 3.63) is 65.7 Å². The van der Waals surface area contributed by atoms with Crippen molar-refractivity contribution >= 4 is 17.9 Å². The Hall–Kier alpha value is -3.35. The average Bonchev–Trinajstić information content (AvgIpc) is 2.77. The van der Waals surface area contributed by atoms with Crippen LogP contribution >= 0.6 is 0 Å². The standard InChI is InChI=1S/C23H27N3O4/c24-23(25)26-14-16-6-8-19(9-7-16)22(28)30-20-12-10-18(11-13-20)21(27)29-15-17-4-2-1-3-5-17/h1-5,10-13,16,19H,6-9,14-15H2,(H4,24,25,26). The van der Waals surface area contributed by atoms with E-state index in [0.717, 1.165) is 31.2 Å². The maximum atomic E-state index is 12.4. The second-order valence-corrected chi connectivity index (χ2v) is 7.49. The Morgan fingerprint density at radius 2 is 1.60 bits per heavy atom. The number of rotatable bonds is 7. The van der Waals surface area contributed by atoms with Gasteiger partial charge in [0.2, 0.25) is 0 Å². The molecule has 0 atom stereocenters. The fourth-order valence-corrected chi connectivity index (χ4v) is 3.48. The van der Waals surface area contributed by atoms with Crippen molar-refractivity contribution < 1.29 is 19.1 Å². The van der Waals surface area contributed by atoms with E-state index in [1.54, 1.807) is 24.3 Å². The highest BCUT2D eigenvalue weighted by molar-refractivity contribution is 5.89. The highest BCUT2D eigenvalue weighted by Gasteiger charge is 2.27. The summed E-state index contributed by atoms with van der Waals surface area (Å²) in [5.41, 5.74) is 12.1. The minimum atomic E-state index is -0.421. The summed E-state index contributed by atoms with van der Waals surface area (Å²) in [7, 11) is 0. The van der Waals surface area contributed by atoms with Crippen LogP contribution in [0.5, 0.6) is 5.75 Å². The van der Waals surface area contributed by atoms with Crippen LogP contribution in [-0.4, -0.2) is 24.4 Å². The number of esters is 2. The predicted octanol–water partition coefficient (Wildman–Crippen LogP) is 3.03. The number of aliphatic imine (C=N–C) groups is 1. The van der Waals surface area contributed by atoms with E-state index in [1.807, 2.05) is 30.3 Å². The van der Waals surface area contributed by atoms with Gasteiger partial charge in [-0.05, 0) is 61.4 Å². The smallest absolute Gasteiger partial charge is 0.338 e. The number of benzene rings is 2. The van der Waals surface area contributed by atoms with E-state index < -0.39 is 5.97 Å². The minimum Gasteiger partial charge on any atom is -0.457 e. The molecular weight excluding hydrogens is 382 g/mol. The van der Waals surface area contributed by atoms with Crippen molar-refractivity contribution in [1.82, 2.24) is 0 Å². The fourth-order valence-electron chi connectivity index (χ4n) is 3.48. The largest absolute Gasteiger partial charge is 0.457 e. The van der Waals surface area contributed by atoms with Gasteiger partial charge in [0.05, 0.1) is 11.5 Å². The van der Waals surface area contributed by atoms with Crippen molar-refractivity contribution in [2.24, 2.45) is 28.3 Å². The van der Waals surface area contributed by atoms with Crippen LogP contribution in [0.1, 0.15) is 41.6 Å². The topological polar surface area (TPSA) is 117 Å². The lowest BCUT2D eigenvalue weighted by Gasteiger charge is -2.26. The molecule has 0 aromatic heterocycles. The van der Waals surface area contributed by atoms with Gasteiger partial charge in [0.15, 0.2) is 5.96 Å². The van der Waals surface area contributed by atoms with Crippen molar-refractivity contribution in [3.63, 3.8) is 0 Å². The normalized spacial score (nSPS) is 18.3. The lowest BCUT2D eigenvalue weighted by atomic mass is 9.82. The second kappa shape index (κ2) is 10.4. The molecule has 158 valence electrons. The van der Waals surface area contributed by atoms with Gasteiger partial charge in [-0.1, -0.05) is 30.3 Å². The number of hydrogen-bond acceptors (Lipinski definition) is 5. The van der Waals surface area contributed by atoms with Gasteiger partial charge in [-0.15, -0.1) is 0 Å². The van der Waals surface area contributed by atoms with Crippen LogP contribution in [-0.2, 0) is 16.1 Å². The van der Waals surface area contributed by atoms with Gasteiger partial charge in [0.1, 0.15) is 12.4 Å². The van der Waals surface area contributed by atoms with Crippen LogP contribution in [0.3, 0.4) is 0 Å². The summed E-state index contributed by atoms with van der Waals surface area (Å²) < 4.78 is 10.8. The first-order chi connectivity index (χ1) is 14.5. The Labute approximate surface area is 176 Å². The first-order valence-corrected chi connectivity index (χ1v) is 10.1. The highest BCUT2D eigenvalue weighted by Crippen LogP contribution is 2.30. The summed E-state index contributed by atoms with van der Waals surface area (Å²) >= 11 is 0. The maximum Gasteiger partial charge on any atom is 0.338 e. The number of nitrogens with two attached hydrogens (primary N) is 2. The number of guanidine groups is 1. The number of nitrogens with zero attached hydrogens (tertiary/aromatic N) is 1. The molecule has 0 aliphatic heterocycles. The molecule has 2 aromatic carbocycles. The third-order valence-electron chi connectivity index (χ3n) is 5.23. The average molecular weight is 409 g/mol. The molecule has 0 amide bonds. The third kappa shape index (κ3) is 6.34. The van der Waals surface area contributed by atoms with Crippen LogP contribution < -0.4 is 16.2 Å². The van der Waals surface area contributed by atoms with E-state index >= 15 is 0 Å². The lowest BCUT2D eigenvalue weighted by Crippen LogP contribution is -2.28. The monoisotopic (exact) mass is 409 g/mol. The first kappa shape index (κ1) is 21.4. The fraction of sp³-hybridized carbons (Fsp3) is 0.348. The molecule has 0 unspecified atom stereocenters. The van der Waals surface area contributed by atoms with E-state index in [9.17, 15) is 9.59 Å². The molecule has 1 fully saturated rings. The van der Waals surface area contributed by atoms with Crippen LogP contribution in [0.25, 0.3) is 0 Å². The molecule has 0 bridgehead atoms. The molecule has 1 saturated carbocycles. The summed E-state index contributed by atoms with van der Waals surface area (Å²) in [5, 5.41) is 0. The summed E-state index contributed by atoms with van der Waals surface area (Å²) in [6, 6.07) is 15.9. The zero-order chi connectivity index (χ0) is 21.3. The quantitative estimate of drug-likeness (QED) is 0.314. The molecule has 4 N–H and O–H groups in total. The predicted molar refractivity (Wildman–Crippen MR) is 114 cm³/mol. The van der Waals surface area contributed by atoms with Gasteiger partial charge in [-0.25, -0.2) is 4.79 Å². The van der Waals surface area contributed by atoms with E-state index in [0.29, 0.717) is 23.8 Å². The van der Waals surface area contributed by atoms with E-state index in [1.165, 1.54) is 0 Å². The zero-order valence-corrected chi connectivity index (χ0v) is 16.8. The summed E-state index contributed by atoms with van der Waals surface area (Å²) in [6.07, 6.45) is 3.30. The van der Waals surface area contributed by atoms with Crippen LogP contribution in [0.15, 0.2) is 59.6 Å². The number of carbonyl (C=O) groups excluding carboxylic acids is 2. The second-order valence-electron chi connectivity index (χ2n) is 7.49. The van der Waals surface area contributed by atoms with E-state index in [-0.39, 0.29) is 24.5 Å². The number of carbonyl (C=O) groups is 2. The van der Waals surface area contributed by atoms with Crippen LogP contribution in [0.2, 0.25) is 0 Å². The summed E-state index contributed by atoms with van der Waals surface area (Å²) in [4.78, 5) is 28.7. The molecule has 3 rings (SSSR count). The Morgan fingerprint density at radius 1 is 0.933 bits per heavy atom. The maximum absolute atomic E-state index is 12.4. The van der Waals surface area contributed by atoms with Crippen LogP contribution in [0.4, 0.5) is 0 Å². The van der Waals surface area contributed by atoms with Gasteiger partial charge in [0, 0.05) is 6.54 Å². The molecular formula is C23H27N3O4. The molecule has 1 aliphatic carbocycles. The van der Waals surface area contributed by atoms with Crippen molar-refractivity contribution in [2.45, 2.75) is 32.3 Å². The molecule has 0 spiro atoms. The first-order valence-electron chi connectivity index (χ1n) is 10.1. The van der Waals surface area contributed by atoms with Gasteiger partial charge in [-0.2, -0.15) is 0 Å². The molecule has 7 nitrogen and oxygen atoms in total. The molecule has 0 saturated heterocycles.